The topological polar surface area (TPSA) is 60.5 Å². The number of carbonyl (C=O) groups excluding carboxylic acids is 1. The van der Waals surface area contributed by atoms with Crippen molar-refractivity contribution < 1.29 is 14.3 Å². The lowest BCUT2D eigenvalue weighted by atomic mass is 10.1. The predicted molar refractivity (Wildman–Crippen MR) is 84.1 cm³/mol. The summed E-state index contributed by atoms with van der Waals surface area (Å²) in [5, 5.41) is 4.14. The van der Waals surface area contributed by atoms with Gasteiger partial charge >= 0.3 is 5.97 Å². The van der Waals surface area contributed by atoms with Crippen molar-refractivity contribution in [3.8, 4) is 5.75 Å². The number of aromatic nitrogens is 1. The number of nitrogens with one attached hydrogen (secondary N) is 1. The third-order valence-corrected chi connectivity index (χ3v) is 3.92. The number of methoxy groups -OCH3 is 1. The molecule has 2 atom stereocenters. The Morgan fingerprint density at radius 1 is 1.32 bits per heavy atom. The van der Waals surface area contributed by atoms with Crippen molar-refractivity contribution in [1.29, 1.82) is 0 Å². The molecule has 1 saturated heterocycles. The van der Waals surface area contributed by atoms with Crippen molar-refractivity contribution in [2.24, 2.45) is 0 Å². The van der Waals surface area contributed by atoms with Gasteiger partial charge in [0.15, 0.2) is 0 Å². The molecule has 1 aromatic heterocycles. The zero-order valence-corrected chi connectivity index (χ0v) is 13.1. The van der Waals surface area contributed by atoms with E-state index in [0.29, 0.717) is 13.0 Å². The molecule has 0 aliphatic carbocycles. The highest BCUT2D eigenvalue weighted by Crippen LogP contribution is 2.28. The van der Waals surface area contributed by atoms with E-state index >= 15 is 0 Å². The second-order valence-electron chi connectivity index (χ2n) is 5.74. The first kappa shape index (κ1) is 14.8. The van der Waals surface area contributed by atoms with Crippen LogP contribution in [0.3, 0.4) is 0 Å². The molecule has 3 rings (SSSR count). The van der Waals surface area contributed by atoms with Crippen LogP contribution in [0.2, 0.25) is 0 Å². The Kier molecular flexibility index (Phi) is 3.98. The van der Waals surface area contributed by atoms with E-state index in [-0.39, 0.29) is 18.1 Å². The van der Waals surface area contributed by atoms with Crippen LogP contribution in [0.1, 0.15) is 17.7 Å². The molecule has 0 amide bonds. The maximum Gasteiger partial charge on any atom is 0.323 e. The molecule has 2 aromatic rings. The highest BCUT2D eigenvalue weighted by molar-refractivity contribution is 5.86. The summed E-state index contributed by atoms with van der Waals surface area (Å²) in [5.41, 5.74) is 3.01. The molecule has 1 N–H and O–H groups in total. The quantitative estimate of drug-likeness (QED) is 0.880. The van der Waals surface area contributed by atoms with Crippen LogP contribution in [-0.4, -0.2) is 36.8 Å². The summed E-state index contributed by atoms with van der Waals surface area (Å²) in [6.07, 6.45) is 0.566. The molecule has 0 saturated carbocycles. The molecule has 5 nitrogen and oxygen atoms in total. The number of hydrogen-bond donors (Lipinski definition) is 1. The van der Waals surface area contributed by atoms with Gasteiger partial charge in [-0.3, -0.25) is 9.78 Å². The van der Waals surface area contributed by atoms with Gasteiger partial charge in [0.2, 0.25) is 0 Å². The number of carbonyl (C=O) groups is 1. The van der Waals surface area contributed by atoms with Crippen molar-refractivity contribution in [2.75, 3.05) is 13.7 Å². The third kappa shape index (κ3) is 2.90. The Bertz CT molecular complexity index is 714. The van der Waals surface area contributed by atoms with Crippen LogP contribution in [-0.2, 0) is 9.53 Å². The molecule has 5 heteroatoms. The van der Waals surface area contributed by atoms with Crippen molar-refractivity contribution in [1.82, 2.24) is 10.3 Å². The number of fused-ring (bicyclic) bond motifs is 1. The molecule has 22 heavy (non-hydrogen) atoms. The van der Waals surface area contributed by atoms with Crippen LogP contribution in [0, 0.1) is 13.8 Å². The fraction of sp³-hybridized carbons (Fsp3) is 0.412. The molecule has 0 spiro atoms. The highest BCUT2D eigenvalue weighted by atomic mass is 16.5. The molecule has 1 aromatic carbocycles. The minimum atomic E-state index is -0.286. The summed E-state index contributed by atoms with van der Waals surface area (Å²) >= 11 is 0. The average molecular weight is 300 g/mol. The fourth-order valence-corrected chi connectivity index (χ4v) is 2.83. The second kappa shape index (κ2) is 5.93. The minimum Gasteiger partial charge on any atom is -0.488 e. The molecule has 0 unspecified atom stereocenters. The van der Waals surface area contributed by atoms with Gasteiger partial charge in [0.05, 0.1) is 12.6 Å². The normalized spacial score (nSPS) is 21.0. The standard InChI is InChI=1S/C17H20N2O3/c1-10-4-5-14-13(6-10)16(7-11(2)19-14)22-12-8-15(18-9-12)17(20)21-3/h4-7,12,15,18H,8-9H2,1-3H3/t12-,15+/m1/s1. The molecule has 0 radical (unpaired) electrons. The summed E-state index contributed by atoms with van der Waals surface area (Å²) in [4.78, 5) is 16.1. The Morgan fingerprint density at radius 2 is 2.14 bits per heavy atom. The maximum absolute atomic E-state index is 11.6. The number of rotatable bonds is 3. The van der Waals surface area contributed by atoms with Crippen LogP contribution in [0.5, 0.6) is 5.75 Å². The Morgan fingerprint density at radius 3 is 2.91 bits per heavy atom. The van der Waals surface area contributed by atoms with E-state index in [0.717, 1.165) is 22.3 Å². The molecule has 1 aliphatic rings. The van der Waals surface area contributed by atoms with Crippen molar-refractivity contribution in [3.05, 3.63) is 35.5 Å². The largest absolute Gasteiger partial charge is 0.488 e. The van der Waals surface area contributed by atoms with Crippen LogP contribution >= 0.6 is 0 Å². The average Bonchev–Trinajstić information content (AvgIpc) is 2.95. The fourth-order valence-electron chi connectivity index (χ4n) is 2.83. The molecule has 1 fully saturated rings. The Balaban J connectivity index is 1.85. The molecule has 0 bridgehead atoms. The SMILES string of the molecule is COC(=O)[C@@H]1C[C@@H](Oc2cc(C)nc3ccc(C)cc23)CN1. The number of pyridine rings is 1. The van der Waals surface area contributed by atoms with Gasteiger partial charge in [0, 0.05) is 30.1 Å². The van der Waals surface area contributed by atoms with Crippen LogP contribution < -0.4 is 10.1 Å². The van der Waals surface area contributed by atoms with E-state index in [2.05, 4.69) is 16.4 Å². The molecular formula is C17H20N2O3. The number of ether oxygens (including phenoxy) is 2. The van der Waals surface area contributed by atoms with Gasteiger partial charge in [0.25, 0.3) is 0 Å². The smallest absolute Gasteiger partial charge is 0.323 e. The van der Waals surface area contributed by atoms with Crippen LogP contribution in [0.4, 0.5) is 0 Å². The first-order valence-electron chi connectivity index (χ1n) is 7.42. The third-order valence-electron chi connectivity index (χ3n) is 3.92. The molecular weight excluding hydrogens is 280 g/mol. The summed E-state index contributed by atoms with van der Waals surface area (Å²) < 4.78 is 10.9. The second-order valence-corrected chi connectivity index (χ2v) is 5.74. The van der Waals surface area contributed by atoms with Gasteiger partial charge in [-0.1, -0.05) is 11.6 Å². The van der Waals surface area contributed by atoms with E-state index in [1.54, 1.807) is 0 Å². The summed E-state index contributed by atoms with van der Waals surface area (Å²) in [7, 11) is 1.40. The van der Waals surface area contributed by atoms with Gasteiger partial charge in [-0.15, -0.1) is 0 Å². The molecule has 116 valence electrons. The summed E-state index contributed by atoms with van der Waals surface area (Å²) in [5.74, 6) is 0.584. The van der Waals surface area contributed by atoms with Crippen molar-refractivity contribution in [2.45, 2.75) is 32.4 Å². The number of benzene rings is 1. The first-order valence-corrected chi connectivity index (χ1v) is 7.42. The number of hydrogen-bond acceptors (Lipinski definition) is 5. The zero-order chi connectivity index (χ0) is 15.7. The monoisotopic (exact) mass is 300 g/mol. The van der Waals surface area contributed by atoms with E-state index in [1.165, 1.54) is 12.7 Å². The lowest BCUT2D eigenvalue weighted by Crippen LogP contribution is -2.31. The van der Waals surface area contributed by atoms with Gasteiger partial charge in [-0.2, -0.15) is 0 Å². The van der Waals surface area contributed by atoms with Crippen LogP contribution in [0.25, 0.3) is 10.9 Å². The van der Waals surface area contributed by atoms with Gasteiger partial charge < -0.3 is 14.8 Å². The van der Waals surface area contributed by atoms with Gasteiger partial charge in [-0.25, -0.2) is 0 Å². The van der Waals surface area contributed by atoms with E-state index in [9.17, 15) is 4.79 Å². The number of aryl methyl sites for hydroxylation is 2. The van der Waals surface area contributed by atoms with E-state index in [1.807, 2.05) is 32.0 Å². The summed E-state index contributed by atoms with van der Waals surface area (Å²) in [6.45, 7) is 4.64. The first-order chi connectivity index (χ1) is 10.6. The van der Waals surface area contributed by atoms with Crippen molar-refractivity contribution in [3.63, 3.8) is 0 Å². The van der Waals surface area contributed by atoms with E-state index < -0.39 is 0 Å². The molecule has 2 heterocycles. The van der Waals surface area contributed by atoms with Gasteiger partial charge in [-0.05, 0) is 26.0 Å². The van der Waals surface area contributed by atoms with E-state index in [4.69, 9.17) is 9.47 Å². The lowest BCUT2D eigenvalue weighted by molar-refractivity contribution is -0.142. The predicted octanol–water partition coefficient (Wildman–Crippen LogP) is 2.13. The highest BCUT2D eigenvalue weighted by Gasteiger charge is 2.31. The molecule has 1 aliphatic heterocycles. The van der Waals surface area contributed by atoms with Gasteiger partial charge in [0.1, 0.15) is 17.9 Å². The lowest BCUT2D eigenvalue weighted by Gasteiger charge is -2.15. The Labute approximate surface area is 129 Å². The Hall–Kier alpha value is -2.14. The van der Waals surface area contributed by atoms with Crippen molar-refractivity contribution >= 4 is 16.9 Å². The zero-order valence-electron chi connectivity index (χ0n) is 13.1. The maximum atomic E-state index is 11.6. The number of nitrogens with zero attached hydrogens (tertiary/aromatic N) is 1. The minimum absolute atomic E-state index is 0.0467. The summed E-state index contributed by atoms with van der Waals surface area (Å²) in [6, 6.07) is 7.80. The number of esters is 1. The van der Waals surface area contributed by atoms with Crippen LogP contribution in [0.15, 0.2) is 24.3 Å².